The molecule has 0 spiro atoms. The molecule has 5 heteroatoms. The van der Waals surface area contributed by atoms with Gasteiger partial charge in [-0.1, -0.05) is 26.0 Å². The molecule has 0 N–H and O–H groups in total. The maximum atomic E-state index is 12.3. The number of ether oxygens (including phenoxy) is 1. The Bertz CT molecular complexity index is 706. The summed E-state index contributed by atoms with van der Waals surface area (Å²) in [6.07, 6.45) is 2.39. The third-order valence-corrected chi connectivity index (χ3v) is 3.42. The van der Waals surface area contributed by atoms with Crippen LogP contribution in [0.15, 0.2) is 35.4 Å². The number of para-hydroxylation sites is 1. The minimum Gasteiger partial charge on any atom is -0.463 e. The molecule has 5 nitrogen and oxygen atoms in total. The van der Waals surface area contributed by atoms with E-state index in [0.29, 0.717) is 16.8 Å². The molecule has 1 atom stereocenters. The third kappa shape index (κ3) is 4.16. The van der Waals surface area contributed by atoms with E-state index in [2.05, 4.69) is 18.8 Å². The van der Waals surface area contributed by atoms with Crippen molar-refractivity contribution >= 4 is 16.9 Å². The maximum absolute atomic E-state index is 12.3. The number of hydrogen-bond donors (Lipinski definition) is 0. The summed E-state index contributed by atoms with van der Waals surface area (Å²) < 4.78 is 6.79. The minimum absolute atomic E-state index is 0.0982. The number of hydrogen-bond acceptors (Lipinski definition) is 4. The lowest BCUT2D eigenvalue weighted by molar-refractivity contribution is -0.149. The Morgan fingerprint density at radius 1 is 1.27 bits per heavy atom. The van der Waals surface area contributed by atoms with Crippen LogP contribution in [0.5, 0.6) is 0 Å². The summed E-state index contributed by atoms with van der Waals surface area (Å²) in [4.78, 5) is 28.3. The first-order chi connectivity index (χ1) is 10.5. The molecule has 2 aromatic rings. The fraction of sp³-hybridized carbons (Fsp3) is 0.471. The number of carbonyl (C=O) groups is 1. The molecule has 2 rings (SSSR count). The lowest BCUT2D eigenvalue weighted by Crippen LogP contribution is -2.24. The van der Waals surface area contributed by atoms with Gasteiger partial charge in [0, 0.05) is 6.54 Å². The van der Waals surface area contributed by atoms with Gasteiger partial charge in [0.15, 0.2) is 0 Å². The van der Waals surface area contributed by atoms with Gasteiger partial charge < -0.3 is 4.74 Å². The molecular formula is C17H22N2O3. The highest BCUT2D eigenvalue weighted by molar-refractivity contribution is 5.77. The third-order valence-electron chi connectivity index (χ3n) is 3.42. The Morgan fingerprint density at radius 3 is 2.73 bits per heavy atom. The van der Waals surface area contributed by atoms with Crippen LogP contribution in [-0.4, -0.2) is 21.6 Å². The quantitative estimate of drug-likeness (QED) is 0.770. The molecule has 0 aliphatic heterocycles. The van der Waals surface area contributed by atoms with E-state index in [0.717, 1.165) is 6.42 Å². The predicted molar refractivity (Wildman–Crippen MR) is 85.6 cm³/mol. The molecule has 1 heterocycles. The van der Waals surface area contributed by atoms with Crippen molar-refractivity contribution in [3.05, 3.63) is 40.9 Å². The lowest BCUT2D eigenvalue weighted by Gasteiger charge is -2.15. The normalized spacial score (nSPS) is 12.5. The zero-order chi connectivity index (χ0) is 16.1. The Balaban J connectivity index is 1.98. The SMILES string of the molecule is CC(C)CC(C)OC(=O)CCn1cnc2ccccc2c1=O. The fourth-order valence-electron chi connectivity index (χ4n) is 2.47. The number of benzene rings is 1. The number of aromatic nitrogens is 2. The van der Waals surface area contributed by atoms with E-state index in [1.807, 2.05) is 13.0 Å². The summed E-state index contributed by atoms with van der Waals surface area (Å²) in [5.41, 5.74) is 0.533. The van der Waals surface area contributed by atoms with Crippen LogP contribution >= 0.6 is 0 Å². The first kappa shape index (κ1) is 16.2. The van der Waals surface area contributed by atoms with Crippen molar-refractivity contribution in [2.75, 3.05) is 0 Å². The molecule has 0 radical (unpaired) electrons. The van der Waals surface area contributed by atoms with E-state index in [1.54, 1.807) is 18.2 Å². The Kier molecular flexibility index (Phi) is 5.31. The second kappa shape index (κ2) is 7.20. The standard InChI is InChI=1S/C17H22N2O3/c1-12(2)10-13(3)22-16(20)8-9-19-11-18-15-7-5-4-6-14(15)17(19)21/h4-7,11-13H,8-10H2,1-3H3. The second-order valence-electron chi connectivity index (χ2n) is 5.94. The van der Waals surface area contributed by atoms with E-state index in [9.17, 15) is 9.59 Å². The van der Waals surface area contributed by atoms with Gasteiger partial charge in [-0.15, -0.1) is 0 Å². The van der Waals surface area contributed by atoms with Crippen molar-refractivity contribution in [1.29, 1.82) is 0 Å². The van der Waals surface area contributed by atoms with Crippen LogP contribution < -0.4 is 5.56 Å². The highest BCUT2D eigenvalue weighted by Gasteiger charge is 2.12. The van der Waals surface area contributed by atoms with Gasteiger partial charge in [0.1, 0.15) is 0 Å². The van der Waals surface area contributed by atoms with Crippen molar-refractivity contribution in [2.24, 2.45) is 5.92 Å². The number of aryl methyl sites for hydroxylation is 1. The number of fused-ring (bicyclic) bond motifs is 1. The molecule has 1 aromatic carbocycles. The Labute approximate surface area is 129 Å². The monoisotopic (exact) mass is 302 g/mol. The molecule has 22 heavy (non-hydrogen) atoms. The first-order valence-electron chi connectivity index (χ1n) is 7.61. The van der Waals surface area contributed by atoms with E-state index in [1.165, 1.54) is 10.9 Å². The molecule has 0 amide bonds. The van der Waals surface area contributed by atoms with Crippen molar-refractivity contribution in [2.45, 2.75) is 46.3 Å². The summed E-state index contributed by atoms with van der Waals surface area (Å²) in [5, 5.41) is 0.562. The van der Waals surface area contributed by atoms with Crippen LogP contribution in [0.3, 0.4) is 0 Å². The highest BCUT2D eigenvalue weighted by Crippen LogP contribution is 2.09. The largest absolute Gasteiger partial charge is 0.463 e. The lowest BCUT2D eigenvalue weighted by atomic mass is 10.1. The van der Waals surface area contributed by atoms with Crippen LogP contribution in [0.1, 0.15) is 33.6 Å². The second-order valence-corrected chi connectivity index (χ2v) is 5.94. The molecule has 0 fully saturated rings. The van der Waals surface area contributed by atoms with Crippen molar-refractivity contribution in [1.82, 2.24) is 9.55 Å². The molecule has 0 aliphatic carbocycles. The van der Waals surface area contributed by atoms with E-state index in [4.69, 9.17) is 4.74 Å². The van der Waals surface area contributed by atoms with Crippen LogP contribution in [0, 0.1) is 5.92 Å². The maximum Gasteiger partial charge on any atom is 0.307 e. The predicted octanol–water partition coefficient (Wildman–Crippen LogP) is 2.76. The van der Waals surface area contributed by atoms with Crippen LogP contribution in [0.4, 0.5) is 0 Å². The average Bonchev–Trinajstić information content (AvgIpc) is 2.46. The first-order valence-corrected chi connectivity index (χ1v) is 7.61. The van der Waals surface area contributed by atoms with E-state index < -0.39 is 0 Å². The summed E-state index contributed by atoms with van der Waals surface area (Å²) >= 11 is 0. The van der Waals surface area contributed by atoms with Crippen molar-refractivity contribution in [3.63, 3.8) is 0 Å². The van der Waals surface area contributed by atoms with Gasteiger partial charge in [0.2, 0.25) is 0 Å². The number of esters is 1. The zero-order valence-corrected chi connectivity index (χ0v) is 13.3. The molecule has 118 valence electrons. The average molecular weight is 302 g/mol. The van der Waals surface area contributed by atoms with Crippen LogP contribution in [-0.2, 0) is 16.1 Å². The number of nitrogens with zero attached hydrogens (tertiary/aromatic N) is 2. The van der Waals surface area contributed by atoms with Gasteiger partial charge in [-0.2, -0.15) is 0 Å². The minimum atomic E-state index is -0.284. The number of rotatable bonds is 6. The summed E-state index contributed by atoms with van der Waals surface area (Å²) in [5.74, 6) is 0.198. The topological polar surface area (TPSA) is 61.2 Å². The highest BCUT2D eigenvalue weighted by atomic mass is 16.5. The molecule has 1 aromatic heterocycles. The smallest absolute Gasteiger partial charge is 0.307 e. The van der Waals surface area contributed by atoms with Crippen molar-refractivity contribution in [3.8, 4) is 0 Å². The van der Waals surface area contributed by atoms with E-state index >= 15 is 0 Å². The zero-order valence-electron chi connectivity index (χ0n) is 13.3. The van der Waals surface area contributed by atoms with Gasteiger partial charge in [0.05, 0.1) is 29.8 Å². The molecule has 0 aliphatic rings. The molecule has 0 saturated carbocycles. The number of carbonyl (C=O) groups excluding carboxylic acids is 1. The van der Waals surface area contributed by atoms with Crippen LogP contribution in [0.25, 0.3) is 10.9 Å². The van der Waals surface area contributed by atoms with Gasteiger partial charge >= 0.3 is 5.97 Å². The molecule has 0 saturated heterocycles. The Hall–Kier alpha value is -2.17. The Morgan fingerprint density at radius 2 is 2.00 bits per heavy atom. The molecule has 1 unspecified atom stereocenters. The van der Waals surface area contributed by atoms with E-state index in [-0.39, 0.29) is 30.6 Å². The van der Waals surface area contributed by atoms with Gasteiger partial charge in [-0.3, -0.25) is 14.2 Å². The molecular weight excluding hydrogens is 280 g/mol. The van der Waals surface area contributed by atoms with Gasteiger partial charge in [0.25, 0.3) is 5.56 Å². The van der Waals surface area contributed by atoms with Gasteiger partial charge in [-0.05, 0) is 31.4 Å². The van der Waals surface area contributed by atoms with Crippen molar-refractivity contribution < 1.29 is 9.53 Å². The summed E-state index contributed by atoms with van der Waals surface area (Å²) in [6, 6.07) is 7.18. The van der Waals surface area contributed by atoms with Crippen LogP contribution in [0.2, 0.25) is 0 Å². The molecule has 0 bridgehead atoms. The van der Waals surface area contributed by atoms with Gasteiger partial charge in [-0.25, -0.2) is 4.98 Å². The fourth-order valence-corrected chi connectivity index (χ4v) is 2.47. The summed E-state index contributed by atoms with van der Waals surface area (Å²) in [6.45, 7) is 6.35. The summed E-state index contributed by atoms with van der Waals surface area (Å²) in [7, 11) is 0.